The van der Waals surface area contributed by atoms with Gasteiger partial charge < -0.3 is 4.57 Å². The first-order valence-corrected chi connectivity index (χ1v) is 3.27. The molecule has 0 saturated carbocycles. The minimum atomic E-state index is -0.0278. The molecule has 56 valence electrons. The van der Waals surface area contributed by atoms with Crippen LogP contribution < -0.4 is 5.56 Å². The van der Waals surface area contributed by atoms with E-state index in [4.69, 9.17) is 0 Å². The van der Waals surface area contributed by atoms with Gasteiger partial charge in [-0.3, -0.25) is 4.79 Å². The predicted octanol–water partition coefficient (Wildman–Crippen LogP) is 0.806. The molecule has 1 rings (SSSR count). The second-order valence-corrected chi connectivity index (χ2v) is 1.53. The molecular weight excluding hydrogens is 128 g/mol. The van der Waals surface area contributed by atoms with Crippen molar-refractivity contribution in [1.82, 2.24) is 9.55 Å². The van der Waals surface area contributed by atoms with E-state index in [1.807, 2.05) is 13.8 Å². The number of hydrogen-bond donors (Lipinski definition) is 0. The second kappa shape index (κ2) is 4.73. The molecule has 0 saturated heterocycles. The quantitative estimate of drug-likeness (QED) is 0.534. The second-order valence-electron chi connectivity index (χ2n) is 1.53. The summed E-state index contributed by atoms with van der Waals surface area (Å²) in [6.45, 7) is 4.00. The molecule has 1 heterocycles. The largest absolute Gasteiger partial charge is 0.302 e. The third-order valence-corrected chi connectivity index (χ3v) is 0.891. The van der Waals surface area contributed by atoms with Crippen molar-refractivity contribution in [3.8, 4) is 0 Å². The first kappa shape index (κ1) is 8.88. The molecule has 1 aromatic rings. The monoisotopic (exact) mass is 140 g/mol. The van der Waals surface area contributed by atoms with Gasteiger partial charge in [-0.25, -0.2) is 4.98 Å². The Morgan fingerprint density at radius 1 is 1.50 bits per heavy atom. The molecule has 3 nitrogen and oxygen atoms in total. The molecule has 0 bridgehead atoms. The molecule has 0 aliphatic heterocycles. The van der Waals surface area contributed by atoms with E-state index in [2.05, 4.69) is 4.98 Å². The van der Waals surface area contributed by atoms with Gasteiger partial charge in [0.15, 0.2) is 0 Å². The Balaban J connectivity index is 0.000000371. The van der Waals surface area contributed by atoms with E-state index in [1.165, 1.54) is 23.2 Å². The van der Waals surface area contributed by atoms with Gasteiger partial charge in [0.2, 0.25) is 0 Å². The van der Waals surface area contributed by atoms with Gasteiger partial charge >= 0.3 is 0 Å². The lowest BCUT2D eigenvalue weighted by atomic mass is 10.6. The Kier molecular flexibility index (Phi) is 4.20. The lowest BCUT2D eigenvalue weighted by molar-refractivity contribution is 0.824. The van der Waals surface area contributed by atoms with E-state index in [1.54, 1.807) is 7.05 Å². The number of rotatable bonds is 0. The summed E-state index contributed by atoms with van der Waals surface area (Å²) >= 11 is 0. The summed E-state index contributed by atoms with van der Waals surface area (Å²) in [7, 11) is 1.66. The zero-order valence-corrected chi connectivity index (χ0v) is 6.53. The molecule has 0 amide bonds. The summed E-state index contributed by atoms with van der Waals surface area (Å²) in [5.74, 6) is 0. The molecular formula is C7H12N2O. The molecule has 0 unspecified atom stereocenters. The number of hydrogen-bond acceptors (Lipinski definition) is 2. The van der Waals surface area contributed by atoms with Crippen molar-refractivity contribution in [3.05, 3.63) is 28.9 Å². The van der Waals surface area contributed by atoms with Crippen LogP contribution in [0.25, 0.3) is 0 Å². The molecule has 0 atom stereocenters. The molecule has 0 fully saturated rings. The van der Waals surface area contributed by atoms with E-state index < -0.39 is 0 Å². The number of nitrogens with zero attached hydrogens (tertiary/aromatic N) is 2. The highest BCUT2D eigenvalue weighted by molar-refractivity contribution is 4.79. The summed E-state index contributed by atoms with van der Waals surface area (Å²) in [6.07, 6.45) is 2.95. The third-order valence-electron chi connectivity index (χ3n) is 0.891. The average Bonchev–Trinajstić information content (AvgIpc) is 2.00. The summed E-state index contributed by atoms with van der Waals surface area (Å²) in [6, 6.07) is 1.42. The van der Waals surface area contributed by atoms with E-state index >= 15 is 0 Å². The van der Waals surface area contributed by atoms with Crippen LogP contribution >= 0.6 is 0 Å². The van der Waals surface area contributed by atoms with E-state index in [9.17, 15) is 4.79 Å². The van der Waals surface area contributed by atoms with Crippen molar-refractivity contribution in [3.63, 3.8) is 0 Å². The van der Waals surface area contributed by atoms with Gasteiger partial charge in [-0.05, 0) is 0 Å². The SMILES string of the molecule is CC.Cn1cnccc1=O. The molecule has 0 aliphatic carbocycles. The molecule has 0 radical (unpaired) electrons. The normalized spacial score (nSPS) is 7.90. The third kappa shape index (κ3) is 2.44. The molecule has 0 aliphatic rings. The van der Waals surface area contributed by atoms with Crippen LogP contribution in [0, 0.1) is 0 Å². The highest BCUT2D eigenvalue weighted by Crippen LogP contribution is 1.65. The van der Waals surface area contributed by atoms with Crippen LogP contribution in [0.3, 0.4) is 0 Å². The van der Waals surface area contributed by atoms with E-state index in [0.717, 1.165) is 0 Å². The van der Waals surface area contributed by atoms with Crippen LogP contribution in [0.15, 0.2) is 23.4 Å². The Labute approximate surface area is 60.3 Å². The fourth-order valence-corrected chi connectivity index (χ4v) is 0.420. The topological polar surface area (TPSA) is 34.9 Å². The van der Waals surface area contributed by atoms with Crippen molar-refractivity contribution in [2.24, 2.45) is 7.05 Å². The van der Waals surface area contributed by atoms with Crippen molar-refractivity contribution in [1.29, 1.82) is 0 Å². The maximum absolute atomic E-state index is 10.5. The van der Waals surface area contributed by atoms with Gasteiger partial charge in [-0.2, -0.15) is 0 Å². The summed E-state index contributed by atoms with van der Waals surface area (Å²) in [4.78, 5) is 14.2. The zero-order valence-electron chi connectivity index (χ0n) is 6.53. The van der Waals surface area contributed by atoms with Crippen molar-refractivity contribution in [2.75, 3.05) is 0 Å². The van der Waals surface area contributed by atoms with Gasteiger partial charge in [0.05, 0.1) is 6.33 Å². The van der Waals surface area contributed by atoms with Crippen LogP contribution in [0.2, 0.25) is 0 Å². The molecule has 10 heavy (non-hydrogen) atoms. The molecule has 1 aromatic heterocycles. The lowest BCUT2D eigenvalue weighted by Gasteiger charge is -1.88. The van der Waals surface area contributed by atoms with Gasteiger partial charge in [-0.1, -0.05) is 13.8 Å². The first-order chi connectivity index (χ1) is 4.80. The number of aryl methyl sites for hydroxylation is 1. The van der Waals surface area contributed by atoms with Gasteiger partial charge in [0, 0.05) is 19.3 Å². The maximum Gasteiger partial charge on any atom is 0.252 e. The number of aromatic nitrogens is 2. The first-order valence-electron chi connectivity index (χ1n) is 3.27. The standard InChI is InChI=1S/C5H6N2O.C2H6/c1-7-4-6-3-2-5(7)8;1-2/h2-4H,1H3;1-2H3. The highest BCUT2D eigenvalue weighted by atomic mass is 16.1. The molecule has 0 aromatic carbocycles. The summed E-state index contributed by atoms with van der Waals surface area (Å²) in [5.41, 5.74) is -0.0278. The lowest BCUT2D eigenvalue weighted by Crippen LogP contribution is -2.13. The van der Waals surface area contributed by atoms with E-state index in [-0.39, 0.29) is 5.56 Å². The fraction of sp³-hybridized carbons (Fsp3) is 0.429. The summed E-state index contributed by atoms with van der Waals surface area (Å²) < 4.78 is 1.42. The Morgan fingerprint density at radius 2 is 2.10 bits per heavy atom. The van der Waals surface area contributed by atoms with Crippen LogP contribution in [0.1, 0.15) is 13.8 Å². The van der Waals surface area contributed by atoms with E-state index in [0.29, 0.717) is 0 Å². The van der Waals surface area contributed by atoms with Crippen molar-refractivity contribution >= 4 is 0 Å². The Hall–Kier alpha value is -1.12. The fourth-order valence-electron chi connectivity index (χ4n) is 0.420. The van der Waals surface area contributed by atoms with Crippen LogP contribution in [-0.2, 0) is 7.05 Å². The van der Waals surface area contributed by atoms with Crippen molar-refractivity contribution < 1.29 is 0 Å². The van der Waals surface area contributed by atoms with Crippen LogP contribution in [0.5, 0.6) is 0 Å². The molecule has 0 N–H and O–H groups in total. The maximum atomic E-state index is 10.5. The van der Waals surface area contributed by atoms with Gasteiger partial charge in [-0.15, -0.1) is 0 Å². The minimum Gasteiger partial charge on any atom is -0.302 e. The summed E-state index contributed by atoms with van der Waals surface area (Å²) in [5, 5.41) is 0. The van der Waals surface area contributed by atoms with Crippen LogP contribution in [-0.4, -0.2) is 9.55 Å². The van der Waals surface area contributed by atoms with Crippen LogP contribution in [0.4, 0.5) is 0 Å². The highest BCUT2D eigenvalue weighted by Gasteiger charge is 1.80. The molecule has 0 spiro atoms. The Morgan fingerprint density at radius 3 is 2.40 bits per heavy atom. The zero-order chi connectivity index (χ0) is 7.98. The average molecular weight is 140 g/mol. The van der Waals surface area contributed by atoms with Crippen molar-refractivity contribution in [2.45, 2.75) is 13.8 Å². The Bertz CT molecular complexity index is 229. The smallest absolute Gasteiger partial charge is 0.252 e. The van der Waals surface area contributed by atoms with Gasteiger partial charge in [0.1, 0.15) is 0 Å². The predicted molar refractivity (Wildman–Crippen MR) is 40.8 cm³/mol. The molecule has 3 heteroatoms. The van der Waals surface area contributed by atoms with Gasteiger partial charge in [0.25, 0.3) is 5.56 Å². The minimum absolute atomic E-state index is 0.0278.